The molecule has 0 saturated heterocycles. The number of pyridine rings is 2. The third-order valence-electron chi connectivity index (χ3n) is 17.5. The van der Waals surface area contributed by atoms with E-state index in [9.17, 15) is 0 Å². The van der Waals surface area contributed by atoms with E-state index in [-0.39, 0.29) is 0 Å². The van der Waals surface area contributed by atoms with Crippen LogP contribution in [0.3, 0.4) is 0 Å². The SMILES string of the molecule is CCCCCCCCCCC(CCCCCCCC)CCn1c(=S)c2ccc3c4ccc5c(=S)n(CCC(CCCCCCCC)CCCCCCCCCC)c(=S)c6cc7sc8cc(c1=S)c2c3c8c7c4c56. The summed E-state index contributed by atoms with van der Waals surface area (Å²) in [4.78, 5) is 0. The molecule has 0 saturated carbocycles. The molecule has 0 N–H and O–H groups in total. The van der Waals surface area contributed by atoms with Crippen LogP contribution < -0.4 is 0 Å². The minimum absolute atomic E-state index is 0.720. The normalized spacial score (nSPS) is 13.4. The lowest BCUT2D eigenvalue weighted by molar-refractivity contribution is 0.360. The third kappa shape index (κ3) is 13.5. The summed E-state index contributed by atoms with van der Waals surface area (Å²) in [5, 5.41) is 15.3. The van der Waals surface area contributed by atoms with Gasteiger partial charge in [0, 0.05) is 76.4 Å². The summed E-state index contributed by atoms with van der Waals surface area (Å²) in [6.07, 6.45) is 46.0. The molecule has 7 heteroatoms. The van der Waals surface area contributed by atoms with Gasteiger partial charge in [0.15, 0.2) is 0 Å². The zero-order valence-corrected chi connectivity index (χ0v) is 50.1. The average Bonchev–Trinajstić information content (AvgIpc) is 3.78. The molecule has 0 radical (unpaired) electrons. The summed E-state index contributed by atoms with van der Waals surface area (Å²) < 4.78 is 11.0. The fourth-order valence-electron chi connectivity index (χ4n) is 13.2. The second-order valence-corrected chi connectivity index (χ2v) is 25.6. The van der Waals surface area contributed by atoms with Crippen LogP contribution in [0, 0.1) is 30.4 Å². The molecule has 8 aromatic rings. The molecule has 0 aliphatic carbocycles. The lowest BCUT2D eigenvalue weighted by atomic mass is 9.86. The van der Waals surface area contributed by atoms with E-state index in [0.29, 0.717) is 0 Å². The highest BCUT2D eigenvalue weighted by Crippen LogP contribution is 2.53. The molecule has 0 aliphatic heterocycles. The number of benzene rings is 5. The molecular formula is C66H92N2S5. The Bertz CT molecular complexity index is 2950. The van der Waals surface area contributed by atoms with Gasteiger partial charge in [-0.3, -0.25) is 0 Å². The predicted octanol–water partition coefficient (Wildman–Crippen LogP) is 24.7. The average molecular weight is 1070 g/mol. The molecule has 3 heterocycles. The molecule has 73 heavy (non-hydrogen) atoms. The first-order valence-electron chi connectivity index (χ1n) is 30.5. The van der Waals surface area contributed by atoms with Crippen LogP contribution in [0.1, 0.15) is 246 Å². The van der Waals surface area contributed by atoms with Gasteiger partial charge in [0.05, 0.1) is 0 Å². The molecule has 0 bridgehead atoms. The zero-order chi connectivity index (χ0) is 51.1. The van der Waals surface area contributed by atoms with Crippen molar-refractivity contribution in [2.75, 3.05) is 0 Å². The molecule has 396 valence electrons. The van der Waals surface area contributed by atoms with E-state index in [2.05, 4.69) is 73.2 Å². The summed E-state index contributed by atoms with van der Waals surface area (Å²) in [6.45, 7) is 11.1. The van der Waals surface area contributed by atoms with Gasteiger partial charge < -0.3 is 9.13 Å². The maximum Gasteiger partial charge on any atom is 0.114 e. The fraction of sp³-hybridized carbons (Fsp3) is 0.636. The molecule has 5 aromatic carbocycles. The molecule has 0 fully saturated rings. The van der Waals surface area contributed by atoms with E-state index in [0.717, 1.165) is 56.3 Å². The van der Waals surface area contributed by atoms with Gasteiger partial charge in [-0.2, -0.15) is 0 Å². The second kappa shape index (κ2) is 28.8. The lowest BCUT2D eigenvalue weighted by Crippen LogP contribution is -2.10. The molecule has 3 aromatic heterocycles. The van der Waals surface area contributed by atoms with Crippen molar-refractivity contribution in [2.24, 2.45) is 11.8 Å². The van der Waals surface area contributed by atoms with Crippen LogP contribution in [0.4, 0.5) is 0 Å². The first-order valence-corrected chi connectivity index (χ1v) is 33.0. The second-order valence-electron chi connectivity index (χ2n) is 23.0. The van der Waals surface area contributed by atoms with Crippen LogP contribution >= 0.6 is 60.2 Å². The topological polar surface area (TPSA) is 9.86 Å². The van der Waals surface area contributed by atoms with Gasteiger partial charge in [-0.1, -0.05) is 306 Å². The maximum atomic E-state index is 6.58. The van der Waals surface area contributed by atoms with E-state index >= 15 is 0 Å². The van der Waals surface area contributed by atoms with Crippen LogP contribution in [-0.4, -0.2) is 9.13 Å². The van der Waals surface area contributed by atoms with E-state index < -0.39 is 0 Å². The summed E-state index contributed by atoms with van der Waals surface area (Å²) in [5.74, 6) is 1.44. The van der Waals surface area contributed by atoms with Crippen LogP contribution in [0.15, 0.2) is 36.4 Å². The van der Waals surface area contributed by atoms with E-state index in [4.69, 9.17) is 48.9 Å². The Morgan fingerprint density at radius 3 is 0.904 bits per heavy atom. The van der Waals surface area contributed by atoms with Crippen molar-refractivity contribution in [1.29, 1.82) is 0 Å². The summed E-state index contributed by atoms with van der Waals surface area (Å²) in [7, 11) is 0. The van der Waals surface area contributed by atoms with Crippen LogP contribution in [0.2, 0.25) is 0 Å². The van der Waals surface area contributed by atoms with Crippen molar-refractivity contribution in [3.05, 3.63) is 55.0 Å². The number of hydrogen-bond acceptors (Lipinski definition) is 5. The quantitative estimate of drug-likeness (QED) is 0.0165. The van der Waals surface area contributed by atoms with E-state index in [1.165, 1.54) is 280 Å². The summed E-state index contributed by atoms with van der Waals surface area (Å²) in [6, 6.07) is 14.3. The van der Waals surface area contributed by atoms with Gasteiger partial charge in [0.2, 0.25) is 0 Å². The molecule has 0 aliphatic rings. The molecule has 8 rings (SSSR count). The van der Waals surface area contributed by atoms with Crippen molar-refractivity contribution in [2.45, 2.75) is 259 Å². The number of unbranched alkanes of at least 4 members (excludes halogenated alkanes) is 24. The molecule has 0 spiro atoms. The highest BCUT2D eigenvalue weighted by Gasteiger charge is 2.26. The minimum Gasteiger partial charge on any atom is -0.323 e. The first-order chi connectivity index (χ1) is 35.8. The Labute approximate surface area is 465 Å². The van der Waals surface area contributed by atoms with Gasteiger partial charge >= 0.3 is 0 Å². The Morgan fingerprint density at radius 2 is 0.589 bits per heavy atom. The lowest BCUT2D eigenvalue weighted by Gasteiger charge is -2.22. The molecule has 0 amide bonds. The standard InChI is InChI=1S/C66H92N2S5/c1-5-9-13-17-21-23-27-31-35-47(33-29-25-19-15-11-7-3)41-43-67-63(69)51-39-37-49-50-38-40-52-58-54(46-56-62(60(50)58)61-55(73-56)45-53(65(67)71)57(51)59(49)61)66(72)68(64(52)70)44-42-48(34-30-26-20-16-12-8-4)36-32-28-24-22-18-14-10-6-2/h37-40,45-48H,5-36,41-44H2,1-4H3. The van der Waals surface area contributed by atoms with Gasteiger partial charge in [0.25, 0.3) is 0 Å². The maximum absolute atomic E-state index is 6.58. The van der Waals surface area contributed by atoms with Crippen molar-refractivity contribution in [3.63, 3.8) is 0 Å². The van der Waals surface area contributed by atoms with Crippen molar-refractivity contribution in [1.82, 2.24) is 9.13 Å². The molecule has 2 atom stereocenters. The largest absolute Gasteiger partial charge is 0.323 e. The van der Waals surface area contributed by atoms with Crippen LogP contribution in [0.5, 0.6) is 0 Å². The highest BCUT2D eigenvalue weighted by molar-refractivity contribution is 7.72. The van der Waals surface area contributed by atoms with Gasteiger partial charge in [0.1, 0.15) is 18.6 Å². The summed E-state index contributed by atoms with van der Waals surface area (Å²) >= 11 is 28.1. The van der Waals surface area contributed by atoms with Crippen LogP contribution in [0.25, 0.3) is 74.0 Å². The third-order valence-corrected chi connectivity index (χ3v) is 20.4. The number of thiophene rings is 1. The molecule has 2 unspecified atom stereocenters. The van der Waals surface area contributed by atoms with Gasteiger partial charge in [-0.05, 0) is 47.6 Å². The number of rotatable bonds is 38. The van der Waals surface area contributed by atoms with Crippen molar-refractivity contribution < 1.29 is 0 Å². The van der Waals surface area contributed by atoms with Crippen molar-refractivity contribution in [3.8, 4) is 0 Å². The minimum atomic E-state index is 0.720. The first kappa shape index (κ1) is 56.8. The fourth-order valence-corrected chi connectivity index (χ4v) is 15.9. The van der Waals surface area contributed by atoms with Crippen LogP contribution in [-0.2, 0) is 13.1 Å². The molecule has 2 nitrogen and oxygen atoms in total. The number of hydrogen-bond donors (Lipinski definition) is 0. The van der Waals surface area contributed by atoms with E-state index in [1.54, 1.807) is 0 Å². The smallest absolute Gasteiger partial charge is 0.114 e. The number of fused-ring (bicyclic) bond motifs is 1. The Kier molecular flexibility index (Phi) is 22.4. The van der Waals surface area contributed by atoms with E-state index in [1.807, 2.05) is 11.3 Å². The Morgan fingerprint density at radius 1 is 0.315 bits per heavy atom. The predicted molar refractivity (Wildman–Crippen MR) is 338 cm³/mol. The Balaban J connectivity index is 1.08. The summed E-state index contributed by atoms with van der Waals surface area (Å²) in [5.41, 5.74) is 0. The number of aromatic nitrogens is 2. The number of nitrogens with zero attached hydrogens (tertiary/aromatic N) is 2. The van der Waals surface area contributed by atoms with Gasteiger partial charge in [-0.25, -0.2) is 0 Å². The molecular weight excluding hydrogens is 981 g/mol. The zero-order valence-electron chi connectivity index (χ0n) is 46.0. The van der Waals surface area contributed by atoms with Crippen molar-refractivity contribution >= 4 is 134 Å². The highest BCUT2D eigenvalue weighted by atomic mass is 32.1. The Hall–Kier alpha value is -2.42. The van der Waals surface area contributed by atoms with Gasteiger partial charge in [-0.15, -0.1) is 11.3 Å². The monoisotopic (exact) mass is 1070 g/mol.